The molecule has 0 fully saturated rings. The third kappa shape index (κ3) is 67.4. The first-order chi connectivity index (χ1) is 18.3. The van der Waals surface area contributed by atoms with Crippen molar-refractivity contribution in [1.29, 1.82) is 0 Å². The lowest BCUT2D eigenvalue weighted by atomic mass is 10.0. The van der Waals surface area contributed by atoms with E-state index in [9.17, 15) is 24.3 Å². The van der Waals surface area contributed by atoms with Gasteiger partial charge in [-0.2, -0.15) is 0 Å². The van der Waals surface area contributed by atoms with Gasteiger partial charge in [-0.25, -0.2) is 0 Å². The lowest BCUT2D eigenvalue weighted by molar-refractivity contribution is -0.151. The van der Waals surface area contributed by atoms with Crippen LogP contribution in [0.15, 0.2) is 0 Å². The molecular formula is C29H60O12. The molecular weight excluding hydrogens is 540 g/mol. The number of rotatable bonds is 10. The van der Waals surface area contributed by atoms with E-state index in [0.29, 0.717) is 25.9 Å². The number of aliphatic hydroxyl groups excluding tert-OH is 2. The number of aliphatic hydroxyl groups is 4. The van der Waals surface area contributed by atoms with E-state index in [1.807, 2.05) is 0 Å². The second kappa shape index (κ2) is 27.9. The summed E-state index contributed by atoms with van der Waals surface area (Å²) in [5, 5.41) is 34.6. The fourth-order valence-electron chi connectivity index (χ4n) is 3.08. The second-order valence-corrected chi connectivity index (χ2v) is 10.6. The summed E-state index contributed by atoms with van der Waals surface area (Å²) < 4.78 is 19.0. The summed E-state index contributed by atoms with van der Waals surface area (Å²) in [5.74, 6) is -1.15. The van der Waals surface area contributed by atoms with Crippen LogP contribution >= 0.6 is 0 Å². The van der Waals surface area contributed by atoms with Crippen molar-refractivity contribution < 1.29 is 58.6 Å². The largest absolute Gasteiger partial charge is 0.466 e. The molecule has 0 spiro atoms. The second-order valence-electron chi connectivity index (χ2n) is 10.6. The number of carbonyl (C=O) groups excluding carboxylic acids is 4. The summed E-state index contributed by atoms with van der Waals surface area (Å²) in [6.45, 7) is 23.3. The molecule has 12 heteroatoms. The first-order valence-electron chi connectivity index (χ1n) is 13.7. The molecule has 4 unspecified atom stereocenters. The van der Waals surface area contributed by atoms with Gasteiger partial charge >= 0.3 is 23.9 Å². The molecule has 12 nitrogen and oxygen atoms in total. The molecule has 41 heavy (non-hydrogen) atoms. The fraction of sp³-hybridized carbons (Fsp3) is 0.862. The van der Waals surface area contributed by atoms with E-state index in [2.05, 4.69) is 4.74 Å². The Morgan fingerprint density at radius 3 is 1.07 bits per heavy atom. The lowest BCUT2D eigenvalue weighted by Gasteiger charge is -2.21. The van der Waals surface area contributed by atoms with Gasteiger partial charge < -0.3 is 39.4 Å². The molecule has 0 aliphatic rings. The number of hydrogen-bond acceptors (Lipinski definition) is 12. The Morgan fingerprint density at radius 1 is 0.634 bits per heavy atom. The van der Waals surface area contributed by atoms with E-state index in [0.717, 1.165) is 0 Å². The predicted molar refractivity (Wildman–Crippen MR) is 157 cm³/mol. The van der Waals surface area contributed by atoms with Gasteiger partial charge in [0.15, 0.2) is 0 Å². The monoisotopic (exact) mass is 600 g/mol. The summed E-state index contributed by atoms with van der Waals surface area (Å²) in [5.41, 5.74) is -1.50. The highest BCUT2D eigenvalue weighted by atomic mass is 16.6. The van der Waals surface area contributed by atoms with E-state index < -0.39 is 17.3 Å². The van der Waals surface area contributed by atoms with Crippen molar-refractivity contribution in [3.63, 3.8) is 0 Å². The van der Waals surface area contributed by atoms with Crippen LogP contribution in [0.1, 0.15) is 116 Å². The smallest absolute Gasteiger partial charge is 0.302 e. The normalized spacial score (nSPS) is 13.1. The van der Waals surface area contributed by atoms with Crippen molar-refractivity contribution in [2.45, 2.75) is 152 Å². The third-order valence-corrected chi connectivity index (χ3v) is 3.69. The van der Waals surface area contributed by atoms with Crippen LogP contribution in [0.4, 0.5) is 0 Å². The highest BCUT2D eigenvalue weighted by Gasteiger charge is 2.18. The van der Waals surface area contributed by atoms with Crippen molar-refractivity contribution in [3.8, 4) is 0 Å². The standard InChI is InChI=1S/C9H16O4.C8H16O3.C6H14O2.C4H8O2.C2H6O/c1-6(12-8(3)10)5-7(2)13-9(4)11;1-6(11-7(2)9)5-8(3,4)10;1-5(7)4-6(2,3)8;1-3-6-4(2)5;1-2-3/h6-7H,5H2,1-4H3;6,10H,5H2,1-4H3;5,7-8H,4H2,1-3H3;3H2,1-2H3;3H,2H2,1H3. The summed E-state index contributed by atoms with van der Waals surface area (Å²) >= 11 is 0. The zero-order chi connectivity index (χ0) is 34.0. The van der Waals surface area contributed by atoms with Gasteiger partial charge in [-0.05, 0) is 69.2 Å². The Balaban J connectivity index is -0.000000140. The molecule has 248 valence electrons. The Hall–Kier alpha value is -2.28. The van der Waals surface area contributed by atoms with Crippen molar-refractivity contribution in [1.82, 2.24) is 0 Å². The van der Waals surface area contributed by atoms with Crippen molar-refractivity contribution in [2.75, 3.05) is 13.2 Å². The van der Waals surface area contributed by atoms with Crippen LogP contribution in [0.3, 0.4) is 0 Å². The maximum atomic E-state index is 10.5. The number of ether oxygens (including phenoxy) is 4. The van der Waals surface area contributed by atoms with Crippen LogP contribution in [0.2, 0.25) is 0 Å². The van der Waals surface area contributed by atoms with Crippen molar-refractivity contribution >= 4 is 23.9 Å². The number of carbonyl (C=O) groups is 4. The minimum absolute atomic E-state index is 0.211. The molecule has 0 radical (unpaired) electrons. The van der Waals surface area contributed by atoms with Crippen LogP contribution in [0.25, 0.3) is 0 Å². The topological polar surface area (TPSA) is 186 Å². The molecule has 0 heterocycles. The quantitative estimate of drug-likeness (QED) is 0.212. The molecule has 0 aliphatic carbocycles. The van der Waals surface area contributed by atoms with E-state index >= 15 is 0 Å². The molecule has 0 saturated heterocycles. The summed E-state index contributed by atoms with van der Waals surface area (Å²) in [6, 6.07) is 0. The van der Waals surface area contributed by atoms with Gasteiger partial charge in [0, 0.05) is 53.6 Å². The molecule has 0 saturated carbocycles. The maximum absolute atomic E-state index is 10.5. The number of esters is 4. The highest BCUT2D eigenvalue weighted by molar-refractivity contribution is 5.67. The molecule has 0 aromatic rings. The molecule has 0 rings (SSSR count). The zero-order valence-corrected chi connectivity index (χ0v) is 27.9. The minimum atomic E-state index is -0.769. The average Bonchev–Trinajstić information content (AvgIpc) is 2.64. The Bertz CT molecular complexity index is 644. The first-order valence-corrected chi connectivity index (χ1v) is 13.7. The van der Waals surface area contributed by atoms with Crippen LogP contribution in [-0.2, 0) is 38.1 Å². The Kier molecular flexibility index (Phi) is 32.9. The SMILES string of the molecule is CC(=O)OC(C)CC(C)(C)O.CC(=O)OC(C)CC(C)OC(C)=O.CC(O)CC(C)(C)O.CCO.CCOC(C)=O. The minimum Gasteiger partial charge on any atom is -0.466 e. The highest BCUT2D eigenvalue weighted by Crippen LogP contribution is 2.12. The van der Waals surface area contributed by atoms with Gasteiger partial charge in [-0.1, -0.05) is 0 Å². The molecule has 0 aromatic carbocycles. The Morgan fingerprint density at radius 2 is 0.927 bits per heavy atom. The van der Waals surface area contributed by atoms with E-state index in [1.54, 1.807) is 69.2 Å². The predicted octanol–water partition coefficient (Wildman–Crippen LogP) is 3.47. The van der Waals surface area contributed by atoms with E-state index in [-0.39, 0.29) is 48.8 Å². The van der Waals surface area contributed by atoms with Crippen LogP contribution in [0.5, 0.6) is 0 Å². The zero-order valence-electron chi connectivity index (χ0n) is 27.9. The van der Waals surface area contributed by atoms with Gasteiger partial charge in [0.25, 0.3) is 0 Å². The maximum Gasteiger partial charge on any atom is 0.302 e. The molecule has 0 aromatic heterocycles. The average molecular weight is 601 g/mol. The number of hydrogen-bond donors (Lipinski definition) is 4. The molecule has 0 aliphatic heterocycles. The van der Waals surface area contributed by atoms with Crippen LogP contribution < -0.4 is 0 Å². The van der Waals surface area contributed by atoms with Gasteiger partial charge in [0.1, 0.15) is 18.3 Å². The van der Waals surface area contributed by atoms with Crippen LogP contribution in [0, 0.1) is 0 Å². The fourth-order valence-corrected chi connectivity index (χ4v) is 3.08. The first kappa shape index (κ1) is 48.5. The van der Waals surface area contributed by atoms with Crippen molar-refractivity contribution in [2.24, 2.45) is 0 Å². The third-order valence-electron chi connectivity index (χ3n) is 3.69. The van der Waals surface area contributed by atoms with Gasteiger partial charge in [-0.15, -0.1) is 0 Å². The summed E-state index contributed by atoms with van der Waals surface area (Å²) in [7, 11) is 0. The van der Waals surface area contributed by atoms with Crippen LogP contribution in [-0.4, -0.2) is 93.1 Å². The lowest BCUT2D eigenvalue weighted by Crippen LogP contribution is -2.27. The van der Waals surface area contributed by atoms with Gasteiger partial charge in [0.2, 0.25) is 0 Å². The van der Waals surface area contributed by atoms with Gasteiger partial charge in [0.05, 0.1) is 23.9 Å². The molecule has 0 amide bonds. The molecule has 4 atom stereocenters. The van der Waals surface area contributed by atoms with Crippen molar-refractivity contribution in [3.05, 3.63) is 0 Å². The molecule has 4 N–H and O–H groups in total. The van der Waals surface area contributed by atoms with E-state index in [4.69, 9.17) is 29.5 Å². The Labute approximate surface area is 247 Å². The molecule has 0 bridgehead atoms. The summed E-state index contributed by atoms with van der Waals surface area (Å²) in [6.07, 6.45) is 0.375. The van der Waals surface area contributed by atoms with E-state index in [1.165, 1.54) is 27.7 Å². The van der Waals surface area contributed by atoms with Gasteiger partial charge in [-0.3, -0.25) is 19.2 Å². The summed E-state index contributed by atoms with van der Waals surface area (Å²) in [4.78, 5) is 41.3.